The Morgan fingerprint density at radius 3 is 2.10 bits per heavy atom. The molecule has 0 bridgehead atoms. The predicted molar refractivity (Wildman–Crippen MR) is 142 cm³/mol. The van der Waals surface area contributed by atoms with Gasteiger partial charge in [-0.3, -0.25) is 24.0 Å². The quantitative estimate of drug-likeness (QED) is 0.0963. The van der Waals surface area contributed by atoms with Crippen molar-refractivity contribution in [3.8, 4) is 0 Å². The first kappa shape index (κ1) is 31.7. The van der Waals surface area contributed by atoms with E-state index in [-0.39, 0.29) is 12.8 Å². The molecule has 4 atom stereocenters. The summed E-state index contributed by atoms with van der Waals surface area (Å²) in [5.74, 6) is -6.73. The number of aliphatic carboxylic acids is 2. The molecule has 0 fully saturated rings. The van der Waals surface area contributed by atoms with Crippen molar-refractivity contribution in [2.45, 2.75) is 62.7 Å². The number of H-pyrrole nitrogens is 1. The number of para-hydroxylation sites is 1. The summed E-state index contributed by atoms with van der Waals surface area (Å²) in [6, 6.07) is 1.81. The van der Waals surface area contributed by atoms with E-state index in [0.29, 0.717) is 19.4 Å². The molecule has 1 heterocycles. The van der Waals surface area contributed by atoms with E-state index in [1.165, 1.54) is 0 Å². The highest BCUT2D eigenvalue weighted by molar-refractivity contribution is 5.96. The van der Waals surface area contributed by atoms with E-state index in [1.54, 1.807) is 6.20 Å². The summed E-state index contributed by atoms with van der Waals surface area (Å²) in [6.45, 7) is 0.329. The average molecular weight is 562 g/mol. The number of nitrogens with one attached hydrogen (secondary N) is 4. The molecule has 15 nitrogen and oxygen atoms in total. The lowest BCUT2D eigenvalue weighted by atomic mass is 10.0. The molecule has 1 aromatic heterocycles. The van der Waals surface area contributed by atoms with Gasteiger partial charge in [0.1, 0.15) is 18.1 Å². The molecule has 2 rings (SSSR count). The number of carbonyl (C=O) groups is 6. The van der Waals surface area contributed by atoms with E-state index in [4.69, 9.17) is 22.3 Å². The zero-order chi connectivity index (χ0) is 29.8. The Balaban J connectivity index is 2.15. The van der Waals surface area contributed by atoms with Crippen molar-refractivity contribution in [1.29, 1.82) is 0 Å². The van der Waals surface area contributed by atoms with Gasteiger partial charge in [0.05, 0.1) is 18.9 Å². The number of carbonyl (C=O) groups excluding carboxylic acids is 4. The molecule has 40 heavy (non-hydrogen) atoms. The fraction of sp³-hybridized carbons (Fsp3) is 0.440. The van der Waals surface area contributed by atoms with Gasteiger partial charge in [-0.25, -0.2) is 4.79 Å². The molecule has 0 saturated carbocycles. The van der Waals surface area contributed by atoms with Crippen molar-refractivity contribution in [1.82, 2.24) is 20.9 Å². The Morgan fingerprint density at radius 1 is 0.850 bits per heavy atom. The van der Waals surface area contributed by atoms with Gasteiger partial charge in [0, 0.05) is 17.1 Å². The third kappa shape index (κ3) is 9.67. The van der Waals surface area contributed by atoms with E-state index in [2.05, 4.69) is 15.6 Å². The lowest BCUT2D eigenvalue weighted by Crippen LogP contribution is -2.58. The number of amides is 4. The molecule has 2 aromatic rings. The van der Waals surface area contributed by atoms with Crippen LogP contribution in [0.4, 0.5) is 0 Å². The van der Waals surface area contributed by atoms with Crippen LogP contribution in [0.2, 0.25) is 0 Å². The first-order valence-electron chi connectivity index (χ1n) is 12.6. The van der Waals surface area contributed by atoms with Crippen molar-refractivity contribution >= 4 is 46.5 Å². The first-order chi connectivity index (χ1) is 18.9. The Hall–Kier alpha value is -4.50. The highest BCUT2D eigenvalue weighted by Gasteiger charge is 2.32. The van der Waals surface area contributed by atoms with Gasteiger partial charge in [0.2, 0.25) is 23.6 Å². The number of carboxylic acid groups (broad SMARTS) is 2. The predicted octanol–water partition coefficient (Wildman–Crippen LogP) is -1.94. The second-order valence-corrected chi connectivity index (χ2v) is 9.24. The Bertz CT molecular complexity index is 1230. The van der Waals surface area contributed by atoms with Gasteiger partial charge >= 0.3 is 11.9 Å². The van der Waals surface area contributed by atoms with Crippen molar-refractivity contribution in [2.24, 2.45) is 17.2 Å². The molecule has 15 heteroatoms. The van der Waals surface area contributed by atoms with Gasteiger partial charge < -0.3 is 48.3 Å². The Kier molecular flexibility index (Phi) is 12.0. The molecule has 0 aliphatic carbocycles. The largest absolute Gasteiger partial charge is 0.481 e. The fourth-order valence-electron chi connectivity index (χ4n) is 4.00. The van der Waals surface area contributed by atoms with Gasteiger partial charge in [0.15, 0.2) is 0 Å². The van der Waals surface area contributed by atoms with Crippen molar-refractivity contribution < 1.29 is 39.0 Å². The summed E-state index contributed by atoms with van der Waals surface area (Å²) in [5, 5.41) is 25.8. The normalized spacial score (nSPS) is 13.9. The number of carboxylic acids is 2. The number of aromatic amines is 1. The van der Waals surface area contributed by atoms with Gasteiger partial charge in [-0.15, -0.1) is 0 Å². The maximum Gasteiger partial charge on any atom is 0.326 e. The molecule has 0 radical (unpaired) electrons. The number of aromatic nitrogens is 1. The number of fused-ring (bicyclic) bond motifs is 1. The SMILES string of the molecule is NCCCCC(NC(=O)C(N)Cc1c[nH]c2ccccc12)C(=O)NC(CC(N)=O)C(=O)NC(CC(=O)O)C(=O)O. The van der Waals surface area contributed by atoms with Crippen molar-refractivity contribution in [3.63, 3.8) is 0 Å². The topological polar surface area (TPSA) is 273 Å². The van der Waals surface area contributed by atoms with Crippen LogP contribution in [-0.2, 0) is 35.2 Å². The molecule has 4 unspecified atom stereocenters. The summed E-state index contributed by atoms with van der Waals surface area (Å²) in [7, 11) is 0. The van der Waals surface area contributed by atoms with Crippen LogP contribution in [0, 0.1) is 0 Å². The summed E-state index contributed by atoms with van der Waals surface area (Å²) >= 11 is 0. The summed E-state index contributed by atoms with van der Waals surface area (Å²) in [5.41, 5.74) is 18.5. The molecule has 0 aliphatic heterocycles. The molecule has 4 amide bonds. The lowest BCUT2D eigenvalue weighted by Gasteiger charge is -2.24. The summed E-state index contributed by atoms with van der Waals surface area (Å²) < 4.78 is 0. The third-order valence-electron chi connectivity index (χ3n) is 6.06. The number of rotatable bonds is 17. The van der Waals surface area contributed by atoms with Crippen LogP contribution in [0.5, 0.6) is 0 Å². The molecule has 1 aromatic carbocycles. The average Bonchev–Trinajstić information content (AvgIpc) is 3.29. The molecular weight excluding hydrogens is 526 g/mol. The van der Waals surface area contributed by atoms with Gasteiger partial charge in [-0.05, 0) is 43.9 Å². The van der Waals surface area contributed by atoms with Crippen molar-refractivity contribution in [3.05, 3.63) is 36.0 Å². The van der Waals surface area contributed by atoms with Crippen LogP contribution in [-0.4, -0.2) is 81.5 Å². The maximum atomic E-state index is 13.1. The molecule has 12 N–H and O–H groups in total. The minimum atomic E-state index is -1.82. The Labute approximate surface area is 229 Å². The molecule has 0 aliphatic rings. The van der Waals surface area contributed by atoms with Crippen LogP contribution >= 0.6 is 0 Å². The minimum Gasteiger partial charge on any atom is -0.481 e. The smallest absolute Gasteiger partial charge is 0.326 e. The minimum absolute atomic E-state index is 0.121. The summed E-state index contributed by atoms with van der Waals surface area (Å²) in [4.78, 5) is 75.7. The second kappa shape index (κ2) is 15.2. The highest BCUT2D eigenvalue weighted by atomic mass is 16.4. The second-order valence-electron chi connectivity index (χ2n) is 9.24. The molecular formula is C25H35N7O8. The number of hydrogen-bond donors (Lipinski definition) is 9. The highest BCUT2D eigenvalue weighted by Crippen LogP contribution is 2.19. The monoisotopic (exact) mass is 561 g/mol. The molecule has 0 saturated heterocycles. The Morgan fingerprint density at radius 2 is 1.48 bits per heavy atom. The number of benzene rings is 1. The van der Waals surface area contributed by atoms with Crippen LogP contribution in [0.1, 0.15) is 37.7 Å². The van der Waals surface area contributed by atoms with E-state index in [9.17, 15) is 33.9 Å². The van der Waals surface area contributed by atoms with E-state index in [0.717, 1.165) is 16.5 Å². The number of primary amides is 1. The summed E-state index contributed by atoms with van der Waals surface area (Å²) in [6.07, 6.45) is 1.34. The van der Waals surface area contributed by atoms with Gasteiger partial charge in [0.25, 0.3) is 0 Å². The number of nitrogens with two attached hydrogens (primary N) is 3. The van der Waals surface area contributed by atoms with Gasteiger partial charge in [-0.2, -0.15) is 0 Å². The molecule has 0 spiro atoms. The van der Waals surface area contributed by atoms with Crippen LogP contribution in [0.15, 0.2) is 30.5 Å². The fourth-order valence-corrected chi connectivity index (χ4v) is 4.00. The van der Waals surface area contributed by atoms with E-state index < -0.39 is 72.6 Å². The van der Waals surface area contributed by atoms with E-state index >= 15 is 0 Å². The van der Waals surface area contributed by atoms with Gasteiger partial charge in [-0.1, -0.05) is 18.2 Å². The van der Waals surface area contributed by atoms with Crippen LogP contribution < -0.4 is 33.2 Å². The first-order valence-corrected chi connectivity index (χ1v) is 12.6. The zero-order valence-corrected chi connectivity index (χ0v) is 21.7. The third-order valence-corrected chi connectivity index (χ3v) is 6.06. The zero-order valence-electron chi connectivity index (χ0n) is 21.7. The number of hydrogen-bond acceptors (Lipinski definition) is 8. The number of unbranched alkanes of at least 4 members (excludes halogenated alkanes) is 1. The maximum absolute atomic E-state index is 13.1. The van der Waals surface area contributed by atoms with Crippen molar-refractivity contribution in [2.75, 3.05) is 6.54 Å². The van der Waals surface area contributed by atoms with Crippen LogP contribution in [0.3, 0.4) is 0 Å². The van der Waals surface area contributed by atoms with Crippen LogP contribution in [0.25, 0.3) is 10.9 Å². The van der Waals surface area contributed by atoms with E-state index in [1.807, 2.05) is 29.6 Å². The lowest BCUT2D eigenvalue weighted by molar-refractivity contribution is -0.147. The molecule has 218 valence electrons. The standard InChI is InChI=1S/C25H35N7O8/c26-8-4-3-7-17(30-22(36)15(27)9-13-12-29-16-6-2-1-5-14(13)16)23(37)31-18(10-20(28)33)24(38)32-19(25(39)40)11-21(34)35/h1-2,5-6,12,15,17-19,29H,3-4,7-11,26-27H2,(H2,28,33)(H,30,36)(H,31,37)(H,32,38)(H,34,35)(H,39,40).